The van der Waals surface area contributed by atoms with Gasteiger partial charge in [0.1, 0.15) is 5.82 Å². The molecular weight excluding hydrogens is 327 g/mol. The molecule has 0 aliphatic heterocycles. The number of nitrogens with zero attached hydrogens (tertiary/aromatic N) is 1. The summed E-state index contributed by atoms with van der Waals surface area (Å²) in [4.78, 5) is 13.9. The molecule has 0 aliphatic rings. The molecule has 5 heteroatoms. The maximum atomic E-state index is 13.4. The molecule has 1 unspecified atom stereocenters. The van der Waals surface area contributed by atoms with Crippen LogP contribution < -0.4 is 5.32 Å². The van der Waals surface area contributed by atoms with Gasteiger partial charge in [0.15, 0.2) is 0 Å². The van der Waals surface area contributed by atoms with Crippen molar-refractivity contribution in [3.05, 3.63) is 76.6 Å². The number of carbonyl (C=O) groups is 1. The lowest BCUT2D eigenvalue weighted by molar-refractivity contribution is -0.116. The highest BCUT2D eigenvalue weighted by Crippen LogP contribution is 2.18. The standard InChI is InChI=1S/C19H20ClFN2O/c1-23(2)18(15-4-3-5-17(21)12-15)13-22-19(24)11-8-14-6-9-16(20)10-7-14/h3-12,18H,13H2,1-2H3,(H,22,24)/b11-8+. The Labute approximate surface area is 146 Å². The highest BCUT2D eigenvalue weighted by Gasteiger charge is 2.15. The number of benzene rings is 2. The summed E-state index contributed by atoms with van der Waals surface area (Å²) >= 11 is 5.82. The predicted octanol–water partition coefficient (Wildman–Crippen LogP) is 3.91. The molecule has 3 nitrogen and oxygen atoms in total. The molecule has 0 radical (unpaired) electrons. The van der Waals surface area contributed by atoms with Crippen LogP contribution in [0, 0.1) is 5.82 Å². The van der Waals surface area contributed by atoms with Crippen LogP contribution in [0.1, 0.15) is 17.2 Å². The highest BCUT2D eigenvalue weighted by molar-refractivity contribution is 6.30. The van der Waals surface area contributed by atoms with E-state index in [1.54, 1.807) is 24.3 Å². The van der Waals surface area contributed by atoms with Gasteiger partial charge in [-0.2, -0.15) is 0 Å². The first-order valence-corrected chi connectivity index (χ1v) is 7.97. The lowest BCUT2D eigenvalue weighted by atomic mass is 10.1. The van der Waals surface area contributed by atoms with Crippen LogP contribution in [-0.4, -0.2) is 31.4 Å². The number of amides is 1. The second kappa shape index (κ2) is 8.62. The fraction of sp³-hybridized carbons (Fsp3) is 0.211. The second-order valence-electron chi connectivity index (χ2n) is 5.66. The van der Waals surface area contributed by atoms with Gasteiger partial charge >= 0.3 is 0 Å². The summed E-state index contributed by atoms with van der Waals surface area (Å²) in [7, 11) is 3.79. The molecule has 0 fully saturated rings. The topological polar surface area (TPSA) is 32.3 Å². The molecule has 1 N–H and O–H groups in total. The molecule has 0 aliphatic carbocycles. The quantitative estimate of drug-likeness (QED) is 0.804. The molecule has 2 aromatic rings. The zero-order chi connectivity index (χ0) is 17.5. The van der Waals surface area contributed by atoms with Gasteiger partial charge in [0, 0.05) is 17.6 Å². The van der Waals surface area contributed by atoms with E-state index in [9.17, 15) is 9.18 Å². The third kappa shape index (κ3) is 5.48. The van der Waals surface area contributed by atoms with Crippen molar-refractivity contribution in [3.8, 4) is 0 Å². The zero-order valence-electron chi connectivity index (χ0n) is 13.7. The third-order valence-corrected chi connectivity index (χ3v) is 3.88. The molecule has 0 saturated carbocycles. The molecule has 0 heterocycles. The van der Waals surface area contributed by atoms with Crippen molar-refractivity contribution >= 4 is 23.6 Å². The summed E-state index contributed by atoms with van der Waals surface area (Å²) in [5, 5.41) is 3.50. The van der Waals surface area contributed by atoms with Crippen LogP contribution in [0.4, 0.5) is 4.39 Å². The van der Waals surface area contributed by atoms with Gasteiger partial charge in [0.2, 0.25) is 5.91 Å². The van der Waals surface area contributed by atoms with Crippen LogP contribution in [-0.2, 0) is 4.79 Å². The maximum absolute atomic E-state index is 13.4. The van der Waals surface area contributed by atoms with Crippen LogP contribution in [0.2, 0.25) is 5.02 Å². The van der Waals surface area contributed by atoms with Crippen LogP contribution in [0.25, 0.3) is 6.08 Å². The molecular formula is C19H20ClFN2O. The van der Waals surface area contributed by atoms with Crippen LogP contribution in [0.15, 0.2) is 54.6 Å². The van der Waals surface area contributed by atoms with E-state index in [-0.39, 0.29) is 17.8 Å². The Kier molecular flexibility index (Phi) is 6.53. The van der Waals surface area contributed by atoms with Gasteiger partial charge in [0.05, 0.1) is 6.04 Å². The van der Waals surface area contributed by atoms with Crippen LogP contribution >= 0.6 is 11.6 Å². The van der Waals surface area contributed by atoms with E-state index in [4.69, 9.17) is 11.6 Å². The normalized spacial score (nSPS) is 12.5. The summed E-state index contributed by atoms with van der Waals surface area (Å²) in [6.07, 6.45) is 3.19. The minimum Gasteiger partial charge on any atom is -0.351 e. The number of carbonyl (C=O) groups excluding carboxylic acids is 1. The number of likely N-dealkylation sites (N-methyl/N-ethyl adjacent to an activating group) is 1. The maximum Gasteiger partial charge on any atom is 0.244 e. The summed E-state index contributed by atoms with van der Waals surface area (Å²) in [5.41, 5.74) is 1.71. The van der Waals surface area contributed by atoms with Gasteiger partial charge in [-0.25, -0.2) is 4.39 Å². The highest BCUT2D eigenvalue weighted by atomic mass is 35.5. The first-order valence-electron chi connectivity index (χ1n) is 7.59. The van der Waals surface area contributed by atoms with Gasteiger partial charge < -0.3 is 10.2 Å². The fourth-order valence-corrected chi connectivity index (χ4v) is 2.44. The Hall–Kier alpha value is -2.17. The molecule has 2 rings (SSSR count). The van der Waals surface area contributed by atoms with E-state index in [0.29, 0.717) is 11.6 Å². The smallest absolute Gasteiger partial charge is 0.244 e. The third-order valence-electron chi connectivity index (χ3n) is 3.62. The average molecular weight is 347 g/mol. The van der Waals surface area contributed by atoms with Gasteiger partial charge in [-0.1, -0.05) is 35.9 Å². The predicted molar refractivity (Wildman–Crippen MR) is 96.3 cm³/mol. The lowest BCUT2D eigenvalue weighted by Gasteiger charge is -2.24. The molecule has 0 spiro atoms. The number of nitrogens with one attached hydrogen (secondary N) is 1. The van der Waals surface area contributed by atoms with Gasteiger partial charge in [0.25, 0.3) is 0 Å². The van der Waals surface area contributed by atoms with Crippen molar-refractivity contribution in [1.82, 2.24) is 10.2 Å². The first kappa shape index (κ1) is 18.2. The SMILES string of the molecule is CN(C)C(CNC(=O)/C=C/c1ccc(Cl)cc1)c1cccc(F)c1. The zero-order valence-corrected chi connectivity index (χ0v) is 14.4. The minimum atomic E-state index is -0.284. The molecule has 1 atom stereocenters. The minimum absolute atomic E-state index is 0.103. The second-order valence-corrected chi connectivity index (χ2v) is 6.10. The fourth-order valence-electron chi connectivity index (χ4n) is 2.31. The average Bonchev–Trinajstić information content (AvgIpc) is 2.54. The first-order chi connectivity index (χ1) is 11.5. The summed E-state index contributed by atoms with van der Waals surface area (Å²) in [5.74, 6) is -0.485. The Morgan fingerprint density at radius 3 is 2.58 bits per heavy atom. The summed E-state index contributed by atoms with van der Waals surface area (Å²) in [6, 6.07) is 13.5. The molecule has 24 heavy (non-hydrogen) atoms. The molecule has 1 amide bonds. The number of halogens is 2. The molecule has 2 aromatic carbocycles. The van der Waals surface area contributed by atoms with E-state index in [0.717, 1.165) is 11.1 Å². The van der Waals surface area contributed by atoms with E-state index in [2.05, 4.69) is 5.32 Å². The molecule has 0 bridgehead atoms. The van der Waals surface area contributed by atoms with E-state index < -0.39 is 0 Å². The number of hydrogen-bond donors (Lipinski definition) is 1. The van der Waals surface area contributed by atoms with Gasteiger partial charge in [-0.15, -0.1) is 0 Å². The Balaban J connectivity index is 1.96. The van der Waals surface area contributed by atoms with Gasteiger partial charge in [-0.05, 0) is 55.6 Å². The van der Waals surface area contributed by atoms with Crippen molar-refractivity contribution in [2.45, 2.75) is 6.04 Å². The van der Waals surface area contributed by atoms with Crippen molar-refractivity contribution in [1.29, 1.82) is 0 Å². The molecule has 0 aromatic heterocycles. The summed E-state index contributed by atoms with van der Waals surface area (Å²) < 4.78 is 13.4. The van der Waals surface area contributed by atoms with Crippen LogP contribution in [0.3, 0.4) is 0 Å². The Morgan fingerprint density at radius 2 is 1.96 bits per heavy atom. The van der Waals surface area contributed by atoms with E-state index >= 15 is 0 Å². The van der Waals surface area contributed by atoms with Crippen molar-refractivity contribution in [2.75, 3.05) is 20.6 Å². The Bertz CT molecular complexity index is 714. The Morgan fingerprint density at radius 1 is 1.25 bits per heavy atom. The van der Waals surface area contributed by atoms with Crippen molar-refractivity contribution < 1.29 is 9.18 Å². The summed E-state index contributed by atoms with van der Waals surface area (Å²) in [6.45, 7) is 0.389. The largest absolute Gasteiger partial charge is 0.351 e. The van der Waals surface area contributed by atoms with E-state index in [1.807, 2.05) is 37.2 Å². The molecule has 126 valence electrons. The lowest BCUT2D eigenvalue weighted by Crippen LogP contribution is -2.33. The number of hydrogen-bond acceptors (Lipinski definition) is 2. The van der Waals surface area contributed by atoms with Crippen molar-refractivity contribution in [2.24, 2.45) is 0 Å². The monoisotopic (exact) mass is 346 g/mol. The van der Waals surface area contributed by atoms with E-state index in [1.165, 1.54) is 18.2 Å². The molecule has 0 saturated heterocycles. The van der Waals surface area contributed by atoms with Crippen LogP contribution in [0.5, 0.6) is 0 Å². The number of rotatable bonds is 6. The van der Waals surface area contributed by atoms with Gasteiger partial charge in [-0.3, -0.25) is 4.79 Å². The van der Waals surface area contributed by atoms with Crippen molar-refractivity contribution in [3.63, 3.8) is 0 Å².